The Labute approximate surface area is 193 Å². The SMILES string of the molecule is O=C(Nc1ccc(N2C(=O)Cc3ccc(Br)cc3C2=O)nc1)NS(=O)(=O)c1ccc(F)s1. The molecular formula is C19H12BrFN4O5S2. The van der Waals surface area contributed by atoms with Crippen LogP contribution in [-0.2, 0) is 21.2 Å². The van der Waals surface area contributed by atoms with Gasteiger partial charge in [-0.15, -0.1) is 0 Å². The fourth-order valence-electron chi connectivity index (χ4n) is 2.97. The van der Waals surface area contributed by atoms with Crippen LogP contribution in [0, 0.1) is 5.13 Å². The van der Waals surface area contributed by atoms with Gasteiger partial charge in [0.15, 0.2) is 5.13 Å². The minimum atomic E-state index is -4.24. The number of hydrogen-bond donors (Lipinski definition) is 2. The summed E-state index contributed by atoms with van der Waals surface area (Å²) in [5, 5.41) is 1.57. The number of carbonyl (C=O) groups excluding carboxylic acids is 3. The summed E-state index contributed by atoms with van der Waals surface area (Å²) in [4.78, 5) is 42.3. The number of rotatable bonds is 4. The van der Waals surface area contributed by atoms with E-state index in [0.29, 0.717) is 26.9 Å². The highest BCUT2D eigenvalue weighted by molar-refractivity contribution is 9.10. The summed E-state index contributed by atoms with van der Waals surface area (Å²) >= 11 is 3.68. The third-order valence-electron chi connectivity index (χ3n) is 4.37. The maximum atomic E-state index is 13.1. The number of halogens is 2. The van der Waals surface area contributed by atoms with Crippen LogP contribution >= 0.6 is 27.3 Å². The van der Waals surface area contributed by atoms with Gasteiger partial charge in [0, 0.05) is 10.0 Å². The minimum absolute atomic E-state index is 0.0274. The molecule has 9 nitrogen and oxygen atoms in total. The zero-order valence-electron chi connectivity index (χ0n) is 15.8. The van der Waals surface area contributed by atoms with Crippen molar-refractivity contribution in [1.29, 1.82) is 0 Å². The molecule has 1 aliphatic rings. The number of pyridine rings is 1. The molecule has 0 fully saturated rings. The Morgan fingerprint density at radius 3 is 2.59 bits per heavy atom. The van der Waals surface area contributed by atoms with Crippen LogP contribution in [0.25, 0.3) is 0 Å². The van der Waals surface area contributed by atoms with E-state index in [1.54, 1.807) is 22.9 Å². The summed E-state index contributed by atoms with van der Waals surface area (Å²) in [7, 11) is -4.24. The second-order valence-electron chi connectivity index (χ2n) is 6.54. The largest absolute Gasteiger partial charge is 0.333 e. The first-order valence-electron chi connectivity index (χ1n) is 8.85. The topological polar surface area (TPSA) is 126 Å². The van der Waals surface area contributed by atoms with Crippen LogP contribution < -0.4 is 14.9 Å². The number of imide groups is 1. The summed E-state index contributed by atoms with van der Waals surface area (Å²) in [6.45, 7) is 0. The van der Waals surface area contributed by atoms with Crippen molar-refractivity contribution in [2.24, 2.45) is 0 Å². The van der Waals surface area contributed by atoms with Crippen LogP contribution in [0.1, 0.15) is 15.9 Å². The molecule has 4 amide bonds. The number of aromatic nitrogens is 1. The normalized spacial score (nSPS) is 13.6. The Hall–Kier alpha value is -3.16. The number of fused-ring (bicyclic) bond motifs is 1. The van der Waals surface area contributed by atoms with Gasteiger partial charge in [0.1, 0.15) is 10.0 Å². The predicted octanol–water partition coefficient (Wildman–Crippen LogP) is 3.28. The Bertz CT molecular complexity index is 1360. The van der Waals surface area contributed by atoms with Crippen molar-refractivity contribution in [2.75, 3.05) is 10.2 Å². The standard InChI is InChI=1S/C19H12BrFN4O5S2/c20-11-2-1-10-7-16(26)25(18(27)13(10)8-11)15-5-3-12(9-22-15)23-19(28)24-32(29,30)17-6-4-14(21)31-17/h1-6,8-9H,7H2,(H2,23,24,28). The number of amides is 4. The average Bonchev–Trinajstić information content (AvgIpc) is 3.17. The molecule has 4 rings (SSSR count). The number of anilines is 2. The van der Waals surface area contributed by atoms with E-state index in [1.807, 2.05) is 0 Å². The van der Waals surface area contributed by atoms with Crippen LogP contribution in [0.5, 0.6) is 0 Å². The smallest absolute Gasteiger partial charge is 0.306 e. The fraction of sp³-hybridized carbons (Fsp3) is 0.0526. The van der Waals surface area contributed by atoms with Crippen molar-refractivity contribution >= 4 is 66.6 Å². The van der Waals surface area contributed by atoms with Gasteiger partial charge in [-0.3, -0.25) is 9.59 Å². The quantitative estimate of drug-likeness (QED) is 0.491. The number of carbonyl (C=O) groups is 3. The molecule has 0 unspecified atom stereocenters. The monoisotopic (exact) mass is 538 g/mol. The van der Waals surface area contributed by atoms with Gasteiger partial charge < -0.3 is 5.32 Å². The molecule has 164 valence electrons. The first-order chi connectivity index (χ1) is 15.1. The summed E-state index contributed by atoms with van der Waals surface area (Å²) in [5.74, 6) is -0.930. The molecule has 0 atom stereocenters. The molecular weight excluding hydrogens is 527 g/mol. The van der Waals surface area contributed by atoms with Crippen molar-refractivity contribution in [2.45, 2.75) is 10.6 Å². The molecule has 1 aliphatic heterocycles. The molecule has 2 aromatic heterocycles. The molecule has 13 heteroatoms. The van der Waals surface area contributed by atoms with Gasteiger partial charge in [0.25, 0.3) is 15.9 Å². The Morgan fingerprint density at radius 2 is 1.94 bits per heavy atom. The lowest BCUT2D eigenvalue weighted by molar-refractivity contribution is -0.117. The number of nitrogens with zero attached hydrogens (tertiary/aromatic N) is 2. The first-order valence-corrected chi connectivity index (χ1v) is 11.9. The lowest BCUT2D eigenvalue weighted by Crippen LogP contribution is -2.43. The zero-order valence-corrected chi connectivity index (χ0v) is 19.1. The molecule has 0 bridgehead atoms. The van der Waals surface area contributed by atoms with Crippen LogP contribution in [-0.4, -0.2) is 31.2 Å². The molecule has 0 spiro atoms. The Morgan fingerprint density at radius 1 is 1.16 bits per heavy atom. The predicted molar refractivity (Wildman–Crippen MR) is 118 cm³/mol. The minimum Gasteiger partial charge on any atom is -0.306 e. The van der Waals surface area contributed by atoms with E-state index in [2.05, 4.69) is 26.2 Å². The third-order valence-corrected chi connectivity index (χ3v) is 7.56. The molecule has 32 heavy (non-hydrogen) atoms. The van der Waals surface area contributed by atoms with E-state index >= 15 is 0 Å². The van der Waals surface area contributed by atoms with E-state index in [0.717, 1.165) is 17.0 Å². The van der Waals surface area contributed by atoms with Crippen molar-refractivity contribution in [3.05, 3.63) is 69.4 Å². The van der Waals surface area contributed by atoms with E-state index in [-0.39, 0.29) is 22.1 Å². The molecule has 2 N–H and O–H groups in total. The van der Waals surface area contributed by atoms with Crippen LogP contribution in [0.15, 0.2) is 57.3 Å². The summed E-state index contributed by atoms with van der Waals surface area (Å²) in [6.07, 6.45) is 1.20. The van der Waals surface area contributed by atoms with Gasteiger partial charge >= 0.3 is 6.03 Å². The van der Waals surface area contributed by atoms with E-state index in [4.69, 9.17) is 0 Å². The fourth-order valence-corrected chi connectivity index (χ4v) is 5.24. The summed E-state index contributed by atoms with van der Waals surface area (Å²) in [5.41, 5.74) is 1.10. The zero-order chi connectivity index (χ0) is 23.0. The van der Waals surface area contributed by atoms with Crippen LogP contribution in [0.2, 0.25) is 0 Å². The molecule has 0 saturated heterocycles. The van der Waals surface area contributed by atoms with Crippen LogP contribution in [0.4, 0.5) is 20.7 Å². The number of hydrogen-bond acceptors (Lipinski definition) is 7. The van der Waals surface area contributed by atoms with Crippen molar-refractivity contribution in [3.63, 3.8) is 0 Å². The lowest BCUT2D eigenvalue weighted by Gasteiger charge is -2.26. The molecule has 0 radical (unpaired) electrons. The van der Waals surface area contributed by atoms with Crippen molar-refractivity contribution < 1.29 is 27.2 Å². The van der Waals surface area contributed by atoms with Gasteiger partial charge in [-0.2, -0.15) is 4.39 Å². The molecule has 1 aromatic carbocycles. The number of urea groups is 1. The van der Waals surface area contributed by atoms with Gasteiger partial charge in [0.05, 0.1) is 18.3 Å². The van der Waals surface area contributed by atoms with Crippen molar-refractivity contribution in [1.82, 2.24) is 9.71 Å². The highest BCUT2D eigenvalue weighted by Gasteiger charge is 2.33. The molecule has 0 aliphatic carbocycles. The van der Waals surface area contributed by atoms with Gasteiger partial charge in [0.2, 0.25) is 5.91 Å². The number of nitrogens with one attached hydrogen (secondary N) is 2. The summed E-state index contributed by atoms with van der Waals surface area (Å²) in [6, 6.07) is 8.69. The number of thiophene rings is 1. The second-order valence-corrected chi connectivity index (χ2v) is 10.4. The second kappa shape index (κ2) is 8.41. The number of benzene rings is 1. The van der Waals surface area contributed by atoms with Crippen molar-refractivity contribution in [3.8, 4) is 0 Å². The first kappa shape index (κ1) is 22.0. The maximum absolute atomic E-state index is 13.1. The Kier molecular flexibility index (Phi) is 5.79. The molecule has 0 saturated carbocycles. The molecule has 3 heterocycles. The van der Waals surface area contributed by atoms with Gasteiger partial charge in [-0.05, 0) is 42.0 Å². The number of sulfonamides is 1. The average molecular weight is 539 g/mol. The lowest BCUT2D eigenvalue weighted by atomic mass is 9.98. The summed E-state index contributed by atoms with van der Waals surface area (Å²) < 4.78 is 39.3. The van der Waals surface area contributed by atoms with E-state index in [9.17, 15) is 27.2 Å². The Balaban J connectivity index is 1.48. The van der Waals surface area contributed by atoms with Crippen LogP contribution in [0.3, 0.4) is 0 Å². The maximum Gasteiger partial charge on any atom is 0.333 e. The van der Waals surface area contributed by atoms with Gasteiger partial charge in [-0.25, -0.2) is 27.8 Å². The third kappa shape index (κ3) is 4.40. The van der Waals surface area contributed by atoms with Gasteiger partial charge in [-0.1, -0.05) is 33.3 Å². The van der Waals surface area contributed by atoms with E-state index < -0.39 is 33.0 Å². The van der Waals surface area contributed by atoms with E-state index in [1.165, 1.54) is 18.3 Å². The molecule has 3 aromatic rings. The highest BCUT2D eigenvalue weighted by Crippen LogP contribution is 2.27. The highest BCUT2D eigenvalue weighted by atomic mass is 79.9.